The molecule has 2 nitrogen and oxygen atoms in total. The minimum atomic E-state index is -4.61. The lowest BCUT2D eigenvalue weighted by atomic mass is 10.3. The highest BCUT2D eigenvalue weighted by atomic mass is 35.5. The molecule has 0 spiro atoms. The Morgan fingerprint density at radius 3 is 2.33 bits per heavy atom. The standard InChI is InChI=1S/C6H3ClF3NO/c7-3-1-2-4(12)11-5(3)6(8,9)10/h1-2H,(H,11,12). The first-order chi connectivity index (χ1) is 5.41. The average molecular weight is 198 g/mol. The average Bonchev–Trinajstić information content (AvgIpc) is 1.92. The van der Waals surface area contributed by atoms with Crippen LogP contribution >= 0.6 is 11.6 Å². The molecule has 0 amide bonds. The van der Waals surface area contributed by atoms with Crippen LogP contribution in [-0.2, 0) is 6.18 Å². The molecule has 0 atom stereocenters. The molecule has 0 fully saturated rings. The molecular formula is C6H3ClF3NO. The van der Waals surface area contributed by atoms with Crippen LogP contribution in [0.2, 0.25) is 5.02 Å². The fourth-order valence-corrected chi connectivity index (χ4v) is 0.880. The van der Waals surface area contributed by atoms with Gasteiger partial charge in [-0.05, 0) is 6.07 Å². The molecule has 6 heteroatoms. The van der Waals surface area contributed by atoms with E-state index in [1.165, 1.54) is 0 Å². The molecule has 0 aliphatic rings. The van der Waals surface area contributed by atoms with E-state index < -0.39 is 22.5 Å². The summed E-state index contributed by atoms with van der Waals surface area (Å²) in [6, 6.07) is 1.83. The topological polar surface area (TPSA) is 32.9 Å². The van der Waals surface area contributed by atoms with E-state index in [2.05, 4.69) is 0 Å². The van der Waals surface area contributed by atoms with Crippen molar-refractivity contribution in [3.63, 3.8) is 0 Å². The van der Waals surface area contributed by atoms with Crippen LogP contribution in [0.4, 0.5) is 13.2 Å². The molecule has 0 aromatic carbocycles. The first-order valence-corrected chi connectivity index (χ1v) is 3.25. The van der Waals surface area contributed by atoms with Crippen molar-refractivity contribution in [1.29, 1.82) is 0 Å². The second-order valence-corrected chi connectivity index (χ2v) is 2.45. The van der Waals surface area contributed by atoms with Gasteiger partial charge in [-0.15, -0.1) is 0 Å². The molecule has 0 saturated heterocycles. The maximum absolute atomic E-state index is 12.0. The van der Waals surface area contributed by atoms with Gasteiger partial charge >= 0.3 is 6.18 Å². The third-order valence-electron chi connectivity index (χ3n) is 1.15. The van der Waals surface area contributed by atoms with Crippen molar-refractivity contribution in [3.05, 3.63) is 33.2 Å². The molecule has 1 rings (SSSR count). The van der Waals surface area contributed by atoms with Gasteiger partial charge in [0.15, 0.2) is 0 Å². The Morgan fingerprint density at radius 1 is 1.33 bits per heavy atom. The molecule has 0 bridgehead atoms. The van der Waals surface area contributed by atoms with E-state index in [0.717, 1.165) is 12.1 Å². The number of nitrogens with one attached hydrogen (secondary N) is 1. The van der Waals surface area contributed by atoms with Crippen LogP contribution in [0.1, 0.15) is 5.69 Å². The van der Waals surface area contributed by atoms with Crippen molar-refractivity contribution >= 4 is 11.6 Å². The highest BCUT2D eigenvalue weighted by Crippen LogP contribution is 2.31. The molecule has 0 unspecified atom stereocenters. The van der Waals surface area contributed by atoms with Crippen LogP contribution in [0.15, 0.2) is 16.9 Å². The molecule has 1 aromatic heterocycles. The zero-order valence-corrected chi connectivity index (χ0v) is 6.33. The number of aromatic amines is 1. The minimum Gasteiger partial charge on any atom is -0.317 e. The fourth-order valence-electron chi connectivity index (χ4n) is 0.663. The summed E-state index contributed by atoms with van der Waals surface area (Å²) >= 11 is 5.19. The van der Waals surface area contributed by atoms with Crippen LogP contribution in [-0.4, -0.2) is 4.98 Å². The Hall–Kier alpha value is -0.970. The van der Waals surface area contributed by atoms with E-state index in [0.29, 0.717) is 0 Å². The predicted molar refractivity (Wildman–Crippen MR) is 37.1 cm³/mol. The Bertz CT molecular complexity index is 343. The zero-order valence-electron chi connectivity index (χ0n) is 5.57. The summed E-state index contributed by atoms with van der Waals surface area (Å²) in [5.74, 6) is 0. The second kappa shape index (κ2) is 2.82. The lowest BCUT2D eigenvalue weighted by Gasteiger charge is -2.06. The maximum Gasteiger partial charge on any atom is 0.432 e. The molecule has 66 valence electrons. The van der Waals surface area contributed by atoms with Crippen molar-refractivity contribution < 1.29 is 13.2 Å². The summed E-state index contributed by atoms with van der Waals surface area (Å²) in [6.45, 7) is 0. The third kappa shape index (κ3) is 1.79. The van der Waals surface area contributed by atoms with Crippen molar-refractivity contribution in [1.82, 2.24) is 4.98 Å². The van der Waals surface area contributed by atoms with Crippen LogP contribution in [0.5, 0.6) is 0 Å². The molecule has 0 radical (unpaired) electrons. The summed E-state index contributed by atoms with van der Waals surface area (Å²) in [6.07, 6.45) is -4.61. The number of H-pyrrole nitrogens is 1. The highest BCUT2D eigenvalue weighted by Gasteiger charge is 2.34. The maximum atomic E-state index is 12.0. The van der Waals surface area contributed by atoms with Gasteiger partial charge in [-0.2, -0.15) is 13.2 Å². The number of pyridine rings is 1. The Balaban J connectivity index is 3.33. The van der Waals surface area contributed by atoms with Gasteiger partial charge in [0, 0.05) is 6.07 Å². The lowest BCUT2D eigenvalue weighted by molar-refractivity contribution is -0.141. The number of halogens is 4. The van der Waals surface area contributed by atoms with Gasteiger partial charge in [0.25, 0.3) is 0 Å². The van der Waals surface area contributed by atoms with Gasteiger partial charge in [-0.3, -0.25) is 4.79 Å². The van der Waals surface area contributed by atoms with Gasteiger partial charge < -0.3 is 4.98 Å². The lowest BCUT2D eigenvalue weighted by Crippen LogP contribution is -2.15. The molecule has 1 heterocycles. The van der Waals surface area contributed by atoms with Crippen LogP contribution in [0, 0.1) is 0 Å². The van der Waals surface area contributed by atoms with Gasteiger partial charge in [0.1, 0.15) is 5.69 Å². The number of rotatable bonds is 0. The van der Waals surface area contributed by atoms with Gasteiger partial charge in [-0.25, -0.2) is 0 Å². The summed E-state index contributed by atoms with van der Waals surface area (Å²) in [5, 5.41) is -0.512. The van der Waals surface area contributed by atoms with Crippen molar-refractivity contribution in [3.8, 4) is 0 Å². The SMILES string of the molecule is O=c1ccc(Cl)c(C(F)(F)F)[nH]1. The molecule has 0 aliphatic carbocycles. The van der Waals surface area contributed by atoms with E-state index in [1.54, 1.807) is 4.98 Å². The van der Waals surface area contributed by atoms with Crippen molar-refractivity contribution in [2.24, 2.45) is 0 Å². The summed E-state index contributed by atoms with van der Waals surface area (Å²) < 4.78 is 35.9. The van der Waals surface area contributed by atoms with Crippen LogP contribution in [0.25, 0.3) is 0 Å². The van der Waals surface area contributed by atoms with Crippen LogP contribution < -0.4 is 5.56 Å². The third-order valence-corrected chi connectivity index (χ3v) is 1.47. The Morgan fingerprint density at radius 2 is 1.92 bits per heavy atom. The highest BCUT2D eigenvalue weighted by molar-refractivity contribution is 6.31. The monoisotopic (exact) mass is 197 g/mol. The Kier molecular flexibility index (Phi) is 2.14. The van der Waals surface area contributed by atoms with E-state index in [-0.39, 0.29) is 0 Å². The number of hydrogen-bond donors (Lipinski definition) is 1. The largest absolute Gasteiger partial charge is 0.432 e. The number of hydrogen-bond acceptors (Lipinski definition) is 1. The Labute approximate surface area is 70.0 Å². The fraction of sp³-hybridized carbons (Fsp3) is 0.167. The number of aromatic nitrogens is 1. The first kappa shape index (κ1) is 9.12. The first-order valence-electron chi connectivity index (χ1n) is 2.87. The van der Waals surface area contributed by atoms with E-state index in [1.807, 2.05) is 0 Å². The summed E-state index contributed by atoms with van der Waals surface area (Å²) in [5.41, 5.74) is -2.04. The normalized spacial score (nSPS) is 11.7. The van der Waals surface area contributed by atoms with Gasteiger partial charge in [0.05, 0.1) is 5.02 Å². The summed E-state index contributed by atoms with van der Waals surface area (Å²) in [7, 11) is 0. The zero-order chi connectivity index (χ0) is 9.35. The van der Waals surface area contributed by atoms with Crippen molar-refractivity contribution in [2.75, 3.05) is 0 Å². The molecule has 12 heavy (non-hydrogen) atoms. The molecule has 0 aliphatic heterocycles. The molecule has 1 N–H and O–H groups in total. The van der Waals surface area contributed by atoms with Crippen LogP contribution in [0.3, 0.4) is 0 Å². The van der Waals surface area contributed by atoms with Gasteiger partial charge in [0.2, 0.25) is 5.56 Å². The predicted octanol–water partition coefficient (Wildman–Crippen LogP) is 2.05. The van der Waals surface area contributed by atoms with E-state index >= 15 is 0 Å². The molecular weight excluding hydrogens is 195 g/mol. The quantitative estimate of drug-likeness (QED) is 0.678. The van der Waals surface area contributed by atoms with Crippen molar-refractivity contribution in [2.45, 2.75) is 6.18 Å². The minimum absolute atomic E-state index is 0.512. The summed E-state index contributed by atoms with van der Waals surface area (Å²) in [4.78, 5) is 12.1. The second-order valence-electron chi connectivity index (χ2n) is 2.04. The number of alkyl halides is 3. The van der Waals surface area contributed by atoms with E-state index in [4.69, 9.17) is 11.6 Å². The smallest absolute Gasteiger partial charge is 0.317 e. The molecule has 1 aromatic rings. The van der Waals surface area contributed by atoms with E-state index in [9.17, 15) is 18.0 Å². The van der Waals surface area contributed by atoms with Gasteiger partial charge in [-0.1, -0.05) is 11.6 Å². The molecule has 0 saturated carbocycles.